The maximum Gasteiger partial charge on any atom is 0.220 e. The van der Waals surface area contributed by atoms with Crippen LogP contribution in [-0.2, 0) is 4.79 Å². The van der Waals surface area contributed by atoms with E-state index in [0.29, 0.717) is 38.3 Å². The third-order valence-corrected chi connectivity index (χ3v) is 3.07. The van der Waals surface area contributed by atoms with E-state index in [2.05, 4.69) is 19.2 Å². The molecule has 1 aromatic rings. The smallest absolute Gasteiger partial charge is 0.220 e. The topological polar surface area (TPSA) is 58.6 Å². The summed E-state index contributed by atoms with van der Waals surface area (Å²) in [6, 6.07) is 9.55. The zero-order valence-corrected chi connectivity index (χ0v) is 13.3. The van der Waals surface area contributed by atoms with Gasteiger partial charge in [0.05, 0.1) is 12.2 Å². The second kappa shape index (κ2) is 8.67. The molecule has 0 bridgehead atoms. The molecule has 1 rings (SSSR count). The number of ether oxygens (including phenoxy) is 1. The summed E-state index contributed by atoms with van der Waals surface area (Å²) >= 11 is 0. The molecule has 1 amide bonds. The highest BCUT2D eigenvalue weighted by atomic mass is 16.5. The van der Waals surface area contributed by atoms with Gasteiger partial charge in [0.2, 0.25) is 5.91 Å². The molecule has 0 saturated heterocycles. The summed E-state index contributed by atoms with van der Waals surface area (Å²) in [4.78, 5) is 11.7. The molecule has 0 fully saturated rings. The van der Waals surface area contributed by atoms with E-state index in [1.165, 1.54) is 0 Å². The van der Waals surface area contributed by atoms with Gasteiger partial charge in [-0.2, -0.15) is 0 Å². The van der Waals surface area contributed by atoms with E-state index >= 15 is 0 Å². The van der Waals surface area contributed by atoms with Gasteiger partial charge in [-0.1, -0.05) is 32.0 Å². The van der Waals surface area contributed by atoms with E-state index in [-0.39, 0.29) is 5.91 Å². The SMILES string of the molecule is CC(C)CC(C)(O)CNC(=O)CCCOc1ccccc1. The minimum Gasteiger partial charge on any atom is -0.494 e. The first-order valence-electron chi connectivity index (χ1n) is 7.56. The van der Waals surface area contributed by atoms with Crippen LogP contribution in [0.25, 0.3) is 0 Å². The first kappa shape index (κ1) is 17.5. The summed E-state index contributed by atoms with van der Waals surface area (Å²) in [6.07, 6.45) is 1.74. The largest absolute Gasteiger partial charge is 0.494 e. The molecule has 0 aromatic heterocycles. The zero-order chi connectivity index (χ0) is 15.7. The molecule has 0 saturated carbocycles. The molecular formula is C17H27NO3. The predicted octanol–water partition coefficient (Wildman–Crippen LogP) is 2.76. The maximum atomic E-state index is 11.7. The Morgan fingerprint density at radius 2 is 2.00 bits per heavy atom. The summed E-state index contributed by atoms with van der Waals surface area (Å²) in [6.45, 7) is 6.67. The molecule has 2 N–H and O–H groups in total. The van der Waals surface area contributed by atoms with Crippen LogP contribution in [0.4, 0.5) is 0 Å². The number of hydrogen-bond acceptors (Lipinski definition) is 3. The highest BCUT2D eigenvalue weighted by Crippen LogP contribution is 2.15. The lowest BCUT2D eigenvalue weighted by atomic mass is 9.94. The number of carbonyl (C=O) groups is 1. The Morgan fingerprint density at radius 3 is 2.62 bits per heavy atom. The molecule has 4 nitrogen and oxygen atoms in total. The molecule has 0 aliphatic rings. The van der Waals surface area contributed by atoms with Gasteiger partial charge in [-0.25, -0.2) is 0 Å². The van der Waals surface area contributed by atoms with Gasteiger partial charge in [-0.3, -0.25) is 4.79 Å². The van der Waals surface area contributed by atoms with Gasteiger partial charge in [0, 0.05) is 13.0 Å². The van der Waals surface area contributed by atoms with Crippen LogP contribution in [0.2, 0.25) is 0 Å². The predicted molar refractivity (Wildman–Crippen MR) is 84.3 cm³/mol. The van der Waals surface area contributed by atoms with E-state index in [4.69, 9.17) is 4.74 Å². The molecule has 0 heterocycles. The van der Waals surface area contributed by atoms with Crippen molar-refractivity contribution >= 4 is 5.91 Å². The van der Waals surface area contributed by atoms with Crippen molar-refractivity contribution < 1.29 is 14.6 Å². The van der Waals surface area contributed by atoms with Crippen LogP contribution in [0.15, 0.2) is 30.3 Å². The van der Waals surface area contributed by atoms with Gasteiger partial charge < -0.3 is 15.2 Å². The van der Waals surface area contributed by atoms with E-state index in [0.717, 1.165) is 5.75 Å². The van der Waals surface area contributed by atoms with E-state index < -0.39 is 5.60 Å². The molecular weight excluding hydrogens is 266 g/mol. The number of benzene rings is 1. The molecule has 0 aliphatic carbocycles. The first-order valence-corrected chi connectivity index (χ1v) is 7.56. The second-order valence-corrected chi connectivity index (χ2v) is 6.14. The van der Waals surface area contributed by atoms with Crippen molar-refractivity contribution in [3.05, 3.63) is 30.3 Å². The minimum atomic E-state index is -0.843. The molecule has 1 unspecified atom stereocenters. The maximum absolute atomic E-state index is 11.7. The van der Waals surface area contributed by atoms with Crippen molar-refractivity contribution in [2.75, 3.05) is 13.2 Å². The molecule has 0 aliphatic heterocycles. The van der Waals surface area contributed by atoms with Crippen LogP contribution >= 0.6 is 0 Å². The van der Waals surface area contributed by atoms with Gasteiger partial charge in [0.15, 0.2) is 0 Å². The molecule has 1 atom stereocenters. The minimum absolute atomic E-state index is 0.0457. The summed E-state index contributed by atoms with van der Waals surface area (Å²) in [5.41, 5.74) is -0.843. The van der Waals surface area contributed by atoms with Crippen LogP contribution < -0.4 is 10.1 Å². The Kier molecular flexibility index (Phi) is 7.23. The number of hydrogen-bond donors (Lipinski definition) is 2. The van der Waals surface area contributed by atoms with Crippen molar-refractivity contribution in [1.82, 2.24) is 5.32 Å². The van der Waals surface area contributed by atoms with Crippen LogP contribution in [0.5, 0.6) is 5.75 Å². The second-order valence-electron chi connectivity index (χ2n) is 6.14. The standard InChI is InChI=1S/C17H27NO3/c1-14(2)12-17(3,20)13-18-16(19)10-7-11-21-15-8-5-4-6-9-15/h4-6,8-9,14,20H,7,10-13H2,1-3H3,(H,18,19). The number of rotatable bonds is 9. The van der Waals surface area contributed by atoms with Crippen molar-refractivity contribution in [1.29, 1.82) is 0 Å². The fourth-order valence-corrected chi connectivity index (χ4v) is 2.27. The van der Waals surface area contributed by atoms with Crippen molar-refractivity contribution in [3.63, 3.8) is 0 Å². The average Bonchev–Trinajstić information content (AvgIpc) is 2.41. The van der Waals surface area contributed by atoms with Crippen LogP contribution in [0, 0.1) is 5.92 Å². The molecule has 4 heteroatoms. The van der Waals surface area contributed by atoms with Crippen molar-refractivity contribution in [2.45, 2.75) is 45.6 Å². The van der Waals surface area contributed by atoms with E-state index in [9.17, 15) is 9.90 Å². The van der Waals surface area contributed by atoms with Gasteiger partial charge in [0.25, 0.3) is 0 Å². The number of carbonyl (C=O) groups excluding carboxylic acids is 1. The Labute approximate surface area is 127 Å². The van der Waals surface area contributed by atoms with Gasteiger partial charge >= 0.3 is 0 Å². The van der Waals surface area contributed by atoms with Crippen molar-refractivity contribution in [3.8, 4) is 5.75 Å². The molecule has 1 aromatic carbocycles. The third-order valence-electron chi connectivity index (χ3n) is 3.07. The Hall–Kier alpha value is -1.55. The van der Waals surface area contributed by atoms with Crippen LogP contribution in [0.3, 0.4) is 0 Å². The number of nitrogens with one attached hydrogen (secondary N) is 1. The van der Waals surface area contributed by atoms with Crippen LogP contribution in [-0.4, -0.2) is 29.8 Å². The molecule has 21 heavy (non-hydrogen) atoms. The van der Waals surface area contributed by atoms with Crippen molar-refractivity contribution in [2.24, 2.45) is 5.92 Å². The lowest BCUT2D eigenvalue weighted by Gasteiger charge is -2.25. The highest BCUT2D eigenvalue weighted by molar-refractivity contribution is 5.75. The lowest BCUT2D eigenvalue weighted by Crippen LogP contribution is -2.41. The Morgan fingerprint density at radius 1 is 1.33 bits per heavy atom. The highest BCUT2D eigenvalue weighted by Gasteiger charge is 2.22. The average molecular weight is 293 g/mol. The van der Waals surface area contributed by atoms with Gasteiger partial charge in [-0.05, 0) is 37.8 Å². The summed E-state index contributed by atoms with van der Waals surface area (Å²) in [5.74, 6) is 1.17. The molecule has 0 spiro atoms. The third kappa shape index (κ3) is 8.35. The molecule has 0 radical (unpaired) electrons. The number of aliphatic hydroxyl groups is 1. The monoisotopic (exact) mass is 293 g/mol. The Bertz CT molecular complexity index is 415. The lowest BCUT2D eigenvalue weighted by molar-refractivity contribution is -0.122. The first-order chi connectivity index (χ1) is 9.89. The van der Waals surface area contributed by atoms with Gasteiger partial charge in [0.1, 0.15) is 5.75 Å². The summed E-state index contributed by atoms with van der Waals surface area (Å²) in [5, 5.41) is 12.9. The number of para-hydroxylation sites is 1. The van der Waals surface area contributed by atoms with Crippen LogP contribution in [0.1, 0.15) is 40.0 Å². The fourth-order valence-electron chi connectivity index (χ4n) is 2.27. The normalized spacial score (nSPS) is 13.8. The van der Waals surface area contributed by atoms with E-state index in [1.807, 2.05) is 30.3 Å². The number of amides is 1. The van der Waals surface area contributed by atoms with Gasteiger partial charge in [-0.15, -0.1) is 0 Å². The molecule has 118 valence electrons. The zero-order valence-electron chi connectivity index (χ0n) is 13.3. The van der Waals surface area contributed by atoms with E-state index in [1.54, 1.807) is 6.92 Å². The fraction of sp³-hybridized carbons (Fsp3) is 0.588. The summed E-state index contributed by atoms with van der Waals surface area (Å²) < 4.78 is 5.53. The quantitative estimate of drug-likeness (QED) is 0.688. The summed E-state index contributed by atoms with van der Waals surface area (Å²) in [7, 11) is 0. The Balaban J connectivity index is 2.14.